The zero-order valence-corrected chi connectivity index (χ0v) is 13.1. The Hall–Kier alpha value is -1.27. The van der Waals surface area contributed by atoms with Crippen LogP contribution in [0.2, 0.25) is 0 Å². The van der Waals surface area contributed by atoms with Gasteiger partial charge in [0, 0.05) is 23.1 Å². The second kappa shape index (κ2) is 6.66. The van der Waals surface area contributed by atoms with Gasteiger partial charge >= 0.3 is 6.18 Å². The molecule has 0 spiro atoms. The molecule has 2 rings (SSSR count). The fourth-order valence-electron chi connectivity index (χ4n) is 1.80. The van der Waals surface area contributed by atoms with Crippen LogP contribution in [0.3, 0.4) is 0 Å². The van der Waals surface area contributed by atoms with Crippen LogP contribution in [0, 0.1) is 0 Å². The van der Waals surface area contributed by atoms with Crippen molar-refractivity contribution in [1.29, 1.82) is 0 Å². The van der Waals surface area contributed by atoms with E-state index in [-0.39, 0.29) is 16.8 Å². The third-order valence-electron chi connectivity index (χ3n) is 2.77. The average molecular weight is 380 g/mol. The standard InChI is InChI=1S/C14H11BrClF3N2/c15-11-5-12(14(17,18)19)13(21-8-11)20-7-10-3-1-2-9(4-10)6-16/h1-5,8H,6-7H2,(H,20,21). The molecule has 0 aliphatic rings. The van der Waals surface area contributed by atoms with Crippen molar-refractivity contribution in [2.24, 2.45) is 0 Å². The number of pyridine rings is 1. The lowest BCUT2D eigenvalue weighted by molar-refractivity contribution is -0.137. The first-order valence-electron chi connectivity index (χ1n) is 6.00. The van der Waals surface area contributed by atoms with Crippen LogP contribution in [0.4, 0.5) is 19.0 Å². The quantitative estimate of drug-likeness (QED) is 0.737. The van der Waals surface area contributed by atoms with E-state index >= 15 is 0 Å². The summed E-state index contributed by atoms with van der Waals surface area (Å²) >= 11 is 8.73. The number of halogens is 5. The lowest BCUT2D eigenvalue weighted by Crippen LogP contribution is -2.12. The number of rotatable bonds is 4. The lowest BCUT2D eigenvalue weighted by atomic mass is 10.1. The molecule has 2 aromatic rings. The van der Waals surface area contributed by atoms with Crippen LogP contribution in [0.5, 0.6) is 0 Å². The van der Waals surface area contributed by atoms with E-state index < -0.39 is 11.7 Å². The van der Waals surface area contributed by atoms with Crippen LogP contribution >= 0.6 is 27.5 Å². The van der Waals surface area contributed by atoms with Crippen LogP contribution in [0.15, 0.2) is 41.0 Å². The van der Waals surface area contributed by atoms with E-state index in [1.165, 1.54) is 6.20 Å². The summed E-state index contributed by atoms with van der Waals surface area (Å²) in [6.07, 6.45) is -3.14. The molecule has 1 aromatic carbocycles. The molecule has 0 aliphatic heterocycles. The van der Waals surface area contributed by atoms with Gasteiger partial charge in [-0.15, -0.1) is 11.6 Å². The second-order valence-electron chi connectivity index (χ2n) is 4.35. The molecule has 0 fully saturated rings. The number of nitrogens with one attached hydrogen (secondary N) is 1. The number of benzene rings is 1. The Kier molecular flexibility index (Phi) is 5.11. The summed E-state index contributed by atoms with van der Waals surface area (Å²) in [7, 11) is 0. The van der Waals surface area contributed by atoms with Gasteiger partial charge in [0.25, 0.3) is 0 Å². The molecule has 112 valence electrons. The first-order valence-corrected chi connectivity index (χ1v) is 7.33. The van der Waals surface area contributed by atoms with Crippen LogP contribution in [0.25, 0.3) is 0 Å². The molecule has 0 atom stereocenters. The van der Waals surface area contributed by atoms with Crippen LogP contribution < -0.4 is 5.32 Å². The molecule has 1 aromatic heterocycles. The summed E-state index contributed by atoms with van der Waals surface area (Å²) in [6.45, 7) is 0.239. The van der Waals surface area contributed by atoms with Gasteiger partial charge < -0.3 is 5.32 Å². The Labute approximate surface area is 133 Å². The number of alkyl halides is 4. The minimum atomic E-state index is -4.46. The summed E-state index contributed by atoms with van der Waals surface area (Å²) in [5.41, 5.74) is 0.951. The first kappa shape index (κ1) is 16.1. The van der Waals surface area contributed by atoms with Crippen LogP contribution in [-0.4, -0.2) is 4.98 Å². The van der Waals surface area contributed by atoms with Gasteiger partial charge in [-0.25, -0.2) is 4.98 Å². The monoisotopic (exact) mass is 378 g/mol. The number of hydrogen-bond donors (Lipinski definition) is 1. The van der Waals surface area contributed by atoms with E-state index in [0.29, 0.717) is 5.88 Å². The molecule has 2 nitrogen and oxygen atoms in total. The minimum absolute atomic E-state index is 0.193. The van der Waals surface area contributed by atoms with E-state index in [4.69, 9.17) is 11.6 Å². The maximum Gasteiger partial charge on any atom is 0.419 e. The van der Waals surface area contributed by atoms with E-state index in [9.17, 15) is 13.2 Å². The summed E-state index contributed by atoms with van der Waals surface area (Å²) in [5.74, 6) is 0.167. The number of anilines is 1. The Morgan fingerprint density at radius 2 is 1.90 bits per heavy atom. The molecular weight excluding hydrogens is 369 g/mol. The highest BCUT2D eigenvalue weighted by atomic mass is 79.9. The maximum atomic E-state index is 13.0. The van der Waals surface area contributed by atoms with Gasteiger partial charge in [0.15, 0.2) is 0 Å². The Bertz CT molecular complexity index is 632. The Balaban J connectivity index is 2.20. The predicted octanol–water partition coefficient (Wildman–Crippen LogP) is 5.21. The van der Waals surface area contributed by atoms with Gasteiger partial charge in [-0.2, -0.15) is 13.2 Å². The van der Waals surface area contributed by atoms with Crippen molar-refractivity contribution in [3.05, 3.63) is 57.7 Å². The van der Waals surface area contributed by atoms with Gasteiger partial charge in [-0.3, -0.25) is 0 Å². The van der Waals surface area contributed by atoms with E-state index in [1.54, 1.807) is 0 Å². The highest BCUT2D eigenvalue weighted by Crippen LogP contribution is 2.35. The van der Waals surface area contributed by atoms with Crippen molar-refractivity contribution in [3.63, 3.8) is 0 Å². The van der Waals surface area contributed by atoms with Crippen molar-refractivity contribution < 1.29 is 13.2 Å². The summed E-state index contributed by atoms with van der Waals surface area (Å²) < 4.78 is 39.1. The smallest absolute Gasteiger partial charge is 0.365 e. The Morgan fingerprint density at radius 1 is 1.19 bits per heavy atom. The SMILES string of the molecule is FC(F)(F)c1cc(Br)cnc1NCc1cccc(CCl)c1. The molecule has 0 amide bonds. The molecule has 0 radical (unpaired) electrons. The molecule has 21 heavy (non-hydrogen) atoms. The average Bonchev–Trinajstić information content (AvgIpc) is 2.45. The number of nitrogens with zero attached hydrogens (tertiary/aromatic N) is 1. The number of hydrogen-bond acceptors (Lipinski definition) is 2. The van der Waals surface area contributed by atoms with Gasteiger partial charge in [-0.05, 0) is 33.1 Å². The highest BCUT2D eigenvalue weighted by molar-refractivity contribution is 9.10. The van der Waals surface area contributed by atoms with Gasteiger partial charge in [0.05, 0.1) is 5.56 Å². The van der Waals surface area contributed by atoms with E-state index in [1.807, 2.05) is 24.3 Å². The zero-order valence-electron chi connectivity index (χ0n) is 10.7. The van der Waals surface area contributed by atoms with Crippen LogP contribution in [0.1, 0.15) is 16.7 Å². The van der Waals surface area contributed by atoms with Crippen molar-refractivity contribution in [1.82, 2.24) is 4.98 Å². The van der Waals surface area contributed by atoms with Crippen molar-refractivity contribution in [3.8, 4) is 0 Å². The molecule has 0 bridgehead atoms. The number of aromatic nitrogens is 1. The first-order chi connectivity index (χ1) is 9.90. The van der Waals surface area contributed by atoms with Gasteiger partial charge in [-0.1, -0.05) is 24.3 Å². The maximum absolute atomic E-state index is 13.0. The topological polar surface area (TPSA) is 24.9 Å². The lowest BCUT2D eigenvalue weighted by Gasteiger charge is -2.14. The summed E-state index contributed by atoms with van der Waals surface area (Å²) in [4.78, 5) is 3.80. The van der Waals surface area contributed by atoms with Crippen molar-refractivity contribution in [2.75, 3.05) is 5.32 Å². The van der Waals surface area contributed by atoms with Gasteiger partial charge in [0.2, 0.25) is 0 Å². The normalized spacial score (nSPS) is 11.5. The third-order valence-corrected chi connectivity index (χ3v) is 3.51. The molecule has 0 saturated heterocycles. The summed E-state index contributed by atoms with van der Waals surface area (Å²) in [5, 5.41) is 2.72. The summed E-state index contributed by atoms with van der Waals surface area (Å²) in [6, 6.07) is 8.33. The third kappa shape index (κ3) is 4.35. The Morgan fingerprint density at radius 3 is 2.57 bits per heavy atom. The van der Waals surface area contributed by atoms with Crippen molar-refractivity contribution in [2.45, 2.75) is 18.6 Å². The molecule has 1 heterocycles. The van der Waals surface area contributed by atoms with E-state index in [0.717, 1.165) is 17.2 Å². The molecule has 0 unspecified atom stereocenters. The molecule has 7 heteroatoms. The molecule has 1 N–H and O–H groups in total. The fraction of sp³-hybridized carbons (Fsp3) is 0.214. The van der Waals surface area contributed by atoms with Gasteiger partial charge in [0.1, 0.15) is 5.82 Å². The molecule has 0 aliphatic carbocycles. The fourth-order valence-corrected chi connectivity index (χ4v) is 2.30. The highest BCUT2D eigenvalue weighted by Gasteiger charge is 2.34. The van der Waals surface area contributed by atoms with E-state index in [2.05, 4.69) is 26.2 Å². The molecule has 0 saturated carbocycles. The van der Waals surface area contributed by atoms with Crippen LogP contribution in [-0.2, 0) is 18.6 Å². The zero-order chi connectivity index (χ0) is 15.5. The minimum Gasteiger partial charge on any atom is -0.365 e. The largest absolute Gasteiger partial charge is 0.419 e. The predicted molar refractivity (Wildman–Crippen MR) is 80.3 cm³/mol. The molecular formula is C14H11BrClF3N2. The second-order valence-corrected chi connectivity index (χ2v) is 5.54. The van der Waals surface area contributed by atoms with Crippen molar-refractivity contribution >= 4 is 33.3 Å².